The van der Waals surface area contributed by atoms with Crippen LogP contribution < -0.4 is 15.4 Å². The van der Waals surface area contributed by atoms with Crippen LogP contribution in [0.1, 0.15) is 19.4 Å². The Hall–Kier alpha value is -3.07. The second-order valence-electron chi connectivity index (χ2n) is 6.69. The molecule has 0 aliphatic rings. The van der Waals surface area contributed by atoms with Crippen molar-refractivity contribution in [3.05, 3.63) is 60.2 Å². The van der Waals surface area contributed by atoms with Crippen molar-refractivity contribution in [3.63, 3.8) is 0 Å². The van der Waals surface area contributed by atoms with Gasteiger partial charge in [0.25, 0.3) is 0 Å². The van der Waals surface area contributed by atoms with E-state index in [-0.39, 0.29) is 18.8 Å². The highest BCUT2D eigenvalue weighted by atomic mass is 19.4. The van der Waals surface area contributed by atoms with Gasteiger partial charge in [-0.15, -0.1) is 13.2 Å². The van der Waals surface area contributed by atoms with Gasteiger partial charge in [-0.3, -0.25) is 14.9 Å². The van der Waals surface area contributed by atoms with Crippen LogP contribution in [-0.4, -0.2) is 36.9 Å². The summed E-state index contributed by atoms with van der Waals surface area (Å²) < 4.78 is 45.5. The number of halogens is 3. The minimum Gasteiger partial charge on any atom is -0.465 e. The van der Waals surface area contributed by atoms with Crippen molar-refractivity contribution >= 4 is 17.6 Å². The van der Waals surface area contributed by atoms with Crippen LogP contribution in [0.2, 0.25) is 0 Å². The fraction of sp³-hybridized carbons (Fsp3) is 0.333. The molecule has 0 saturated heterocycles. The molecule has 0 radical (unpaired) electrons. The fourth-order valence-electron chi connectivity index (χ4n) is 2.72. The van der Waals surface area contributed by atoms with Gasteiger partial charge < -0.3 is 14.8 Å². The van der Waals surface area contributed by atoms with Gasteiger partial charge in [-0.2, -0.15) is 0 Å². The van der Waals surface area contributed by atoms with E-state index in [1.807, 2.05) is 30.3 Å². The lowest BCUT2D eigenvalue weighted by Crippen LogP contribution is -2.54. The number of carbonyl (C=O) groups is 2. The third-order valence-electron chi connectivity index (χ3n) is 4.14. The fourth-order valence-corrected chi connectivity index (χ4v) is 2.72. The van der Waals surface area contributed by atoms with E-state index >= 15 is 0 Å². The molecular weight excluding hydrogens is 401 g/mol. The van der Waals surface area contributed by atoms with Gasteiger partial charge in [0.2, 0.25) is 5.91 Å². The Morgan fingerprint density at radius 1 is 1.00 bits per heavy atom. The van der Waals surface area contributed by atoms with Crippen LogP contribution in [0, 0.1) is 0 Å². The molecule has 1 amide bonds. The predicted molar refractivity (Wildman–Crippen MR) is 105 cm³/mol. The normalized spacial score (nSPS) is 13.2. The lowest BCUT2D eigenvalue weighted by Gasteiger charge is -2.28. The zero-order valence-electron chi connectivity index (χ0n) is 16.6. The quantitative estimate of drug-likeness (QED) is 0.601. The van der Waals surface area contributed by atoms with E-state index in [2.05, 4.69) is 15.4 Å². The molecule has 2 aromatic rings. The molecule has 0 saturated carbocycles. The largest absolute Gasteiger partial charge is 0.573 e. The summed E-state index contributed by atoms with van der Waals surface area (Å²) in [7, 11) is 0. The second-order valence-corrected chi connectivity index (χ2v) is 6.69. The lowest BCUT2D eigenvalue weighted by atomic mass is 9.92. The summed E-state index contributed by atoms with van der Waals surface area (Å²) in [6, 6.07) is 14.0. The van der Waals surface area contributed by atoms with Crippen molar-refractivity contribution in [1.29, 1.82) is 0 Å². The number of ether oxygens (including phenoxy) is 2. The van der Waals surface area contributed by atoms with E-state index in [9.17, 15) is 22.8 Å². The molecule has 0 aromatic heterocycles. The van der Waals surface area contributed by atoms with Crippen molar-refractivity contribution in [2.45, 2.75) is 32.2 Å². The summed E-state index contributed by atoms with van der Waals surface area (Å²) >= 11 is 0. The van der Waals surface area contributed by atoms with Crippen LogP contribution in [0.5, 0.6) is 5.75 Å². The molecule has 0 fully saturated rings. The van der Waals surface area contributed by atoms with Gasteiger partial charge in [0.05, 0.1) is 13.2 Å². The highest BCUT2D eigenvalue weighted by molar-refractivity contribution is 5.93. The monoisotopic (exact) mass is 424 g/mol. The van der Waals surface area contributed by atoms with E-state index in [4.69, 9.17) is 4.74 Å². The van der Waals surface area contributed by atoms with Gasteiger partial charge in [-0.25, -0.2) is 0 Å². The first kappa shape index (κ1) is 23.2. The van der Waals surface area contributed by atoms with E-state index in [0.29, 0.717) is 6.42 Å². The van der Waals surface area contributed by atoms with Gasteiger partial charge in [0.15, 0.2) is 0 Å². The number of benzene rings is 2. The van der Waals surface area contributed by atoms with Crippen LogP contribution in [0.15, 0.2) is 54.6 Å². The van der Waals surface area contributed by atoms with Crippen molar-refractivity contribution in [1.82, 2.24) is 5.32 Å². The molecule has 2 N–H and O–H groups in total. The third-order valence-corrected chi connectivity index (χ3v) is 4.14. The number of alkyl halides is 3. The Bertz CT molecular complexity index is 842. The molecule has 0 bridgehead atoms. The minimum absolute atomic E-state index is 0.198. The van der Waals surface area contributed by atoms with E-state index in [1.54, 1.807) is 13.8 Å². The van der Waals surface area contributed by atoms with Crippen LogP contribution in [0.25, 0.3) is 0 Å². The Labute approximate surface area is 172 Å². The highest BCUT2D eigenvalue weighted by Crippen LogP contribution is 2.24. The molecule has 9 heteroatoms. The highest BCUT2D eigenvalue weighted by Gasteiger charge is 2.35. The molecule has 0 heterocycles. The molecular formula is C21H23F3N2O4. The smallest absolute Gasteiger partial charge is 0.465 e. The molecule has 30 heavy (non-hydrogen) atoms. The van der Waals surface area contributed by atoms with Crippen LogP contribution in [-0.2, 0) is 20.7 Å². The maximum Gasteiger partial charge on any atom is 0.573 e. The molecule has 0 spiro atoms. The predicted octanol–water partition coefficient (Wildman–Crippen LogP) is 3.68. The molecule has 162 valence electrons. The molecule has 2 rings (SSSR count). The maximum absolute atomic E-state index is 12.5. The first-order chi connectivity index (χ1) is 14.1. The van der Waals surface area contributed by atoms with Gasteiger partial charge in [-0.1, -0.05) is 30.3 Å². The van der Waals surface area contributed by atoms with Gasteiger partial charge in [0.1, 0.15) is 11.3 Å². The molecule has 1 atom stereocenters. The van der Waals surface area contributed by atoms with Crippen LogP contribution in [0.3, 0.4) is 0 Å². The minimum atomic E-state index is -4.79. The summed E-state index contributed by atoms with van der Waals surface area (Å²) in [5, 5.41) is 5.48. The molecule has 6 nitrogen and oxygen atoms in total. The Morgan fingerprint density at radius 3 is 2.20 bits per heavy atom. The van der Waals surface area contributed by atoms with Crippen molar-refractivity contribution in [2.75, 3.05) is 18.5 Å². The Morgan fingerprint density at radius 2 is 1.63 bits per heavy atom. The van der Waals surface area contributed by atoms with E-state index in [1.165, 1.54) is 12.1 Å². The van der Waals surface area contributed by atoms with Crippen LogP contribution in [0.4, 0.5) is 18.9 Å². The number of amides is 1. The van der Waals surface area contributed by atoms with Gasteiger partial charge in [0, 0.05) is 12.1 Å². The number of hydrogen-bond acceptors (Lipinski definition) is 5. The van der Waals surface area contributed by atoms with Gasteiger partial charge in [-0.05, 0) is 43.7 Å². The van der Waals surface area contributed by atoms with Crippen molar-refractivity contribution in [3.8, 4) is 5.75 Å². The molecule has 2 aromatic carbocycles. The summed E-state index contributed by atoms with van der Waals surface area (Å²) in [5.41, 5.74) is 0.0393. The first-order valence-corrected chi connectivity index (χ1v) is 9.23. The first-order valence-electron chi connectivity index (χ1n) is 9.23. The number of nitrogens with one attached hydrogen (secondary N) is 2. The lowest BCUT2D eigenvalue weighted by molar-refractivity contribution is -0.274. The SMILES string of the molecule is CCOC(=O)C(C)(Cc1ccccc1)NCC(=O)Nc1ccc(OC(F)(F)F)cc1. The van der Waals surface area contributed by atoms with E-state index in [0.717, 1.165) is 17.7 Å². The van der Waals surface area contributed by atoms with Crippen molar-refractivity contribution in [2.24, 2.45) is 0 Å². The third kappa shape index (κ3) is 7.40. The summed E-state index contributed by atoms with van der Waals surface area (Å²) in [6.07, 6.45) is -4.48. The molecule has 0 aliphatic heterocycles. The standard InChI is InChI=1S/C21H23F3N2O4/c1-3-29-19(28)20(2,13-15-7-5-4-6-8-15)25-14-18(27)26-16-9-11-17(12-10-16)30-21(22,23)24/h4-12,25H,3,13-14H2,1-2H3,(H,26,27). The number of esters is 1. The molecule has 0 aliphatic carbocycles. The van der Waals surface area contributed by atoms with E-state index < -0.39 is 29.5 Å². The average molecular weight is 424 g/mol. The summed E-state index contributed by atoms with van der Waals surface area (Å²) in [4.78, 5) is 24.7. The zero-order chi connectivity index (χ0) is 22.2. The second kappa shape index (κ2) is 10.1. The summed E-state index contributed by atoms with van der Waals surface area (Å²) in [6.45, 7) is 3.33. The zero-order valence-corrected chi connectivity index (χ0v) is 16.6. The number of rotatable bonds is 9. The van der Waals surface area contributed by atoms with Crippen molar-refractivity contribution < 1.29 is 32.2 Å². The number of carbonyl (C=O) groups excluding carboxylic acids is 2. The maximum atomic E-state index is 12.5. The molecule has 1 unspecified atom stereocenters. The average Bonchev–Trinajstić information content (AvgIpc) is 2.68. The summed E-state index contributed by atoms with van der Waals surface area (Å²) in [5.74, 6) is -1.35. The topological polar surface area (TPSA) is 76.7 Å². The van der Waals surface area contributed by atoms with Gasteiger partial charge >= 0.3 is 12.3 Å². The Kier molecular flexibility index (Phi) is 7.82. The van der Waals surface area contributed by atoms with Crippen LogP contribution >= 0.6 is 0 Å². The Balaban J connectivity index is 1.98. The number of anilines is 1. The number of hydrogen-bond donors (Lipinski definition) is 2.